The highest BCUT2D eigenvalue weighted by Crippen LogP contribution is 2.44. The molecule has 2 aliphatic heterocycles. The van der Waals surface area contributed by atoms with E-state index in [9.17, 15) is 9.59 Å². The van der Waals surface area contributed by atoms with Gasteiger partial charge in [0.1, 0.15) is 22.6 Å². The number of amides is 2. The third-order valence-electron chi connectivity index (χ3n) is 5.74. The SMILES string of the molecule is COc1ccc(N2CC(C(=O)N3CCSC3c3cc(OC)ccc3OC)CC2=O)cc1. The molecule has 0 saturated carbocycles. The normalized spacial score (nSPS) is 20.8. The van der Waals surface area contributed by atoms with Gasteiger partial charge in [-0.05, 0) is 42.5 Å². The van der Waals surface area contributed by atoms with E-state index < -0.39 is 0 Å². The molecule has 8 heteroatoms. The van der Waals surface area contributed by atoms with Crippen molar-refractivity contribution in [3.8, 4) is 17.2 Å². The fourth-order valence-electron chi connectivity index (χ4n) is 4.10. The largest absolute Gasteiger partial charge is 0.497 e. The highest BCUT2D eigenvalue weighted by molar-refractivity contribution is 7.99. The van der Waals surface area contributed by atoms with Crippen molar-refractivity contribution in [3.05, 3.63) is 48.0 Å². The third-order valence-corrected chi connectivity index (χ3v) is 6.98. The molecule has 2 heterocycles. The Bertz CT molecular complexity index is 965. The summed E-state index contributed by atoms with van der Waals surface area (Å²) in [5.74, 6) is 2.60. The van der Waals surface area contributed by atoms with Crippen LogP contribution >= 0.6 is 11.8 Å². The molecule has 2 aromatic rings. The minimum absolute atomic E-state index is 0.00392. The second-order valence-corrected chi connectivity index (χ2v) is 8.65. The maximum absolute atomic E-state index is 13.4. The highest BCUT2D eigenvalue weighted by atomic mass is 32.2. The van der Waals surface area contributed by atoms with Crippen LogP contribution in [0.3, 0.4) is 0 Å². The van der Waals surface area contributed by atoms with Crippen LogP contribution in [-0.4, -0.2) is 56.9 Å². The van der Waals surface area contributed by atoms with E-state index in [-0.39, 0.29) is 29.5 Å². The van der Waals surface area contributed by atoms with Crippen molar-refractivity contribution in [1.82, 2.24) is 4.90 Å². The van der Waals surface area contributed by atoms with Gasteiger partial charge in [0.15, 0.2) is 0 Å². The van der Waals surface area contributed by atoms with E-state index in [1.807, 2.05) is 47.4 Å². The molecule has 0 spiro atoms. The van der Waals surface area contributed by atoms with Crippen LogP contribution in [0, 0.1) is 5.92 Å². The van der Waals surface area contributed by atoms with Gasteiger partial charge in [-0.2, -0.15) is 0 Å². The number of hydrogen-bond acceptors (Lipinski definition) is 6. The average Bonchev–Trinajstić information content (AvgIpc) is 3.45. The summed E-state index contributed by atoms with van der Waals surface area (Å²) in [6.45, 7) is 1.02. The number of hydrogen-bond donors (Lipinski definition) is 0. The molecule has 2 unspecified atom stereocenters. The summed E-state index contributed by atoms with van der Waals surface area (Å²) in [6.07, 6.45) is 0.216. The fourth-order valence-corrected chi connectivity index (χ4v) is 5.38. The number of benzene rings is 2. The number of rotatable bonds is 6. The first-order chi connectivity index (χ1) is 15.0. The maximum Gasteiger partial charge on any atom is 0.229 e. The van der Waals surface area contributed by atoms with E-state index >= 15 is 0 Å². The summed E-state index contributed by atoms with van der Waals surface area (Å²) in [5.41, 5.74) is 1.69. The first-order valence-electron chi connectivity index (χ1n) is 10.1. The number of carbonyl (C=O) groups excluding carboxylic acids is 2. The van der Waals surface area contributed by atoms with E-state index in [2.05, 4.69) is 0 Å². The topological polar surface area (TPSA) is 68.3 Å². The summed E-state index contributed by atoms with van der Waals surface area (Å²) in [7, 11) is 4.85. The molecule has 7 nitrogen and oxygen atoms in total. The van der Waals surface area contributed by atoms with Crippen LogP contribution in [-0.2, 0) is 9.59 Å². The van der Waals surface area contributed by atoms with Crippen LogP contribution < -0.4 is 19.1 Å². The lowest BCUT2D eigenvalue weighted by Gasteiger charge is -2.28. The van der Waals surface area contributed by atoms with Crippen molar-refractivity contribution in [2.75, 3.05) is 45.1 Å². The molecule has 164 valence electrons. The number of anilines is 1. The second kappa shape index (κ2) is 9.09. The van der Waals surface area contributed by atoms with Crippen LogP contribution in [0.15, 0.2) is 42.5 Å². The molecule has 0 aliphatic carbocycles. The van der Waals surface area contributed by atoms with E-state index in [1.54, 1.807) is 38.0 Å². The Hall–Kier alpha value is -2.87. The number of ether oxygens (including phenoxy) is 3. The molecule has 2 amide bonds. The number of nitrogens with zero attached hydrogens (tertiary/aromatic N) is 2. The predicted molar refractivity (Wildman–Crippen MR) is 120 cm³/mol. The van der Waals surface area contributed by atoms with E-state index in [0.29, 0.717) is 13.1 Å². The Labute approximate surface area is 186 Å². The monoisotopic (exact) mass is 442 g/mol. The summed E-state index contributed by atoms with van der Waals surface area (Å²) in [6, 6.07) is 13.0. The minimum atomic E-state index is -0.368. The third kappa shape index (κ3) is 4.17. The van der Waals surface area contributed by atoms with E-state index in [1.165, 1.54) is 0 Å². The molecule has 2 aromatic carbocycles. The van der Waals surface area contributed by atoms with Gasteiger partial charge in [0, 0.05) is 36.5 Å². The highest BCUT2D eigenvalue weighted by Gasteiger charge is 2.41. The molecule has 0 aromatic heterocycles. The van der Waals surface area contributed by atoms with E-state index in [0.717, 1.165) is 34.3 Å². The summed E-state index contributed by atoms with van der Waals surface area (Å²) in [4.78, 5) is 29.7. The average molecular weight is 443 g/mol. The molecule has 0 N–H and O–H groups in total. The number of thioether (sulfide) groups is 1. The van der Waals surface area contributed by atoms with Gasteiger partial charge in [-0.15, -0.1) is 11.8 Å². The summed E-state index contributed by atoms with van der Waals surface area (Å²) in [5, 5.41) is -0.164. The van der Waals surface area contributed by atoms with Crippen molar-refractivity contribution < 1.29 is 23.8 Å². The summed E-state index contributed by atoms with van der Waals surface area (Å²) >= 11 is 1.70. The molecule has 2 fully saturated rings. The lowest BCUT2D eigenvalue weighted by atomic mass is 10.1. The predicted octanol–water partition coefficient (Wildman–Crippen LogP) is 3.34. The Kier molecular flexibility index (Phi) is 6.27. The van der Waals surface area contributed by atoms with Crippen molar-refractivity contribution in [1.29, 1.82) is 0 Å². The van der Waals surface area contributed by atoms with Crippen LogP contribution in [0.1, 0.15) is 17.4 Å². The zero-order chi connectivity index (χ0) is 22.0. The molecule has 0 radical (unpaired) electrons. The zero-order valence-electron chi connectivity index (χ0n) is 17.9. The van der Waals surface area contributed by atoms with Gasteiger partial charge in [0.25, 0.3) is 0 Å². The smallest absolute Gasteiger partial charge is 0.229 e. The molecular weight excluding hydrogens is 416 g/mol. The Morgan fingerprint density at radius 3 is 2.39 bits per heavy atom. The summed E-state index contributed by atoms with van der Waals surface area (Å²) < 4.78 is 16.1. The maximum atomic E-state index is 13.4. The van der Waals surface area contributed by atoms with Gasteiger partial charge >= 0.3 is 0 Å². The standard InChI is InChI=1S/C23H26N2O5S/c1-28-17-6-4-16(5-7-17)25-14-15(12-21(25)26)22(27)24-10-11-31-23(24)19-13-18(29-2)8-9-20(19)30-3/h4-9,13,15,23H,10-12,14H2,1-3H3. The van der Waals surface area contributed by atoms with Crippen molar-refractivity contribution in [3.63, 3.8) is 0 Å². The Morgan fingerprint density at radius 1 is 1.00 bits per heavy atom. The number of methoxy groups -OCH3 is 3. The van der Waals surface area contributed by atoms with Gasteiger partial charge in [-0.25, -0.2) is 0 Å². The van der Waals surface area contributed by atoms with Gasteiger partial charge in [0.2, 0.25) is 11.8 Å². The zero-order valence-corrected chi connectivity index (χ0v) is 18.7. The Morgan fingerprint density at radius 2 is 1.71 bits per heavy atom. The first-order valence-corrected chi connectivity index (χ1v) is 11.2. The quantitative estimate of drug-likeness (QED) is 0.684. The van der Waals surface area contributed by atoms with Crippen molar-refractivity contribution in [2.24, 2.45) is 5.92 Å². The van der Waals surface area contributed by atoms with Gasteiger partial charge < -0.3 is 24.0 Å². The van der Waals surface area contributed by atoms with Crippen molar-refractivity contribution >= 4 is 29.3 Å². The van der Waals surface area contributed by atoms with Gasteiger partial charge in [-0.1, -0.05) is 0 Å². The Balaban J connectivity index is 1.53. The molecule has 31 heavy (non-hydrogen) atoms. The molecular formula is C23H26N2O5S. The molecule has 0 bridgehead atoms. The van der Waals surface area contributed by atoms with Gasteiger partial charge in [-0.3, -0.25) is 9.59 Å². The number of carbonyl (C=O) groups is 2. The molecule has 4 rings (SSSR count). The fraction of sp³-hybridized carbons (Fsp3) is 0.391. The van der Waals surface area contributed by atoms with Crippen LogP contribution in [0.4, 0.5) is 5.69 Å². The van der Waals surface area contributed by atoms with Crippen LogP contribution in [0.25, 0.3) is 0 Å². The molecule has 2 saturated heterocycles. The lowest BCUT2D eigenvalue weighted by molar-refractivity contribution is -0.136. The molecule has 2 aliphatic rings. The van der Waals surface area contributed by atoms with E-state index in [4.69, 9.17) is 14.2 Å². The van der Waals surface area contributed by atoms with Crippen molar-refractivity contribution in [2.45, 2.75) is 11.8 Å². The minimum Gasteiger partial charge on any atom is -0.497 e. The molecule has 2 atom stereocenters. The van der Waals surface area contributed by atoms with Crippen LogP contribution in [0.5, 0.6) is 17.2 Å². The lowest BCUT2D eigenvalue weighted by Crippen LogP contribution is -2.37. The van der Waals surface area contributed by atoms with Crippen LogP contribution in [0.2, 0.25) is 0 Å². The first kappa shape index (κ1) is 21.4. The van der Waals surface area contributed by atoms with Gasteiger partial charge in [0.05, 0.1) is 27.2 Å². The second-order valence-electron chi connectivity index (χ2n) is 7.47.